The first-order valence-electron chi connectivity index (χ1n) is 6.67. The molecule has 0 spiro atoms. The number of piperidine rings is 1. The quantitative estimate of drug-likeness (QED) is 0.373. The largest absolute Gasteiger partial charge is 0.409 e. The summed E-state index contributed by atoms with van der Waals surface area (Å²) in [4.78, 5) is 10.7. The van der Waals surface area contributed by atoms with Gasteiger partial charge in [-0.05, 0) is 24.7 Å². The van der Waals surface area contributed by atoms with E-state index in [2.05, 4.69) is 33.9 Å². The van der Waals surface area contributed by atoms with Crippen LogP contribution in [0.2, 0.25) is 0 Å². The van der Waals surface area contributed by atoms with Crippen LogP contribution >= 0.6 is 0 Å². The molecule has 6 nitrogen and oxygen atoms in total. The Balaban J connectivity index is 2.16. The zero-order valence-electron chi connectivity index (χ0n) is 11.5. The normalized spacial score (nSPS) is 18.1. The second-order valence-electron chi connectivity index (χ2n) is 5.28. The lowest BCUT2D eigenvalue weighted by atomic mass is 9.87. The van der Waals surface area contributed by atoms with Crippen molar-refractivity contribution < 1.29 is 5.21 Å². The first kappa shape index (κ1) is 13.6. The third-order valence-corrected chi connectivity index (χ3v) is 3.81. The highest BCUT2D eigenvalue weighted by atomic mass is 16.4. The molecule has 0 amide bonds. The standard InChI is InChI=1S/C13H21N5O/c1-9(2)10-3-7-18(8-4-10)13-11(12(14)17-19)15-5-6-16-13/h5-6,9-10,19H,3-4,7-8H2,1-2H3,(H2,14,17). The third kappa shape index (κ3) is 2.94. The monoisotopic (exact) mass is 263 g/mol. The predicted octanol–water partition coefficient (Wildman–Crippen LogP) is 1.44. The van der Waals surface area contributed by atoms with Crippen LogP contribution in [0, 0.1) is 11.8 Å². The molecule has 0 unspecified atom stereocenters. The molecule has 6 heteroatoms. The van der Waals surface area contributed by atoms with Crippen molar-refractivity contribution in [2.45, 2.75) is 26.7 Å². The maximum atomic E-state index is 8.80. The summed E-state index contributed by atoms with van der Waals surface area (Å²) < 4.78 is 0. The van der Waals surface area contributed by atoms with Crippen LogP contribution < -0.4 is 10.6 Å². The molecule has 0 bridgehead atoms. The summed E-state index contributed by atoms with van der Waals surface area (Å²) in [5, 5.41) is 11.8. The van der Waals surface area contributed by atoms with Crippen LogP contribution in [0.15, 0.2) is 17.5 Å². The van der Waals surface area contributed by atoms with E-state index in [-0.39, 0.29) is 5.84 Å². The van der Waals surface area contributed by atoms with E-state index in [1.807, 2.05) is 0 Å². The molecule has 1 fully saturated rings. The van der Waals surface area contributed by atoms with Gasteiger partial charge in [0.2, 0.25) is 0 Å². The lowest BCUT2D eigenvalue weighted by Gasteiger charge is -2.35. The highest BCUT2D eigenvalue weighted by Crippen LogP contribution is 2.27. The number of rotatable bonds is 3. The number of amidine groups is 1. The van der Waals surface area contributed by atoms with E-state index in [9.17, 15) is 0 Å². The van der Waals surface area contributed by atoms with Crippen molar-refractivity contribution in [3.05, 3.63) is 18.1 Å². The van der Waals surface area contributed by atoms with E-state index in [4.69, 9.17) is 10.9 Å². The summed E-state index contributed by atoms with van der Waals surface area (Å²) in [6, 6.07) is 0. The molecular formula is C13H21N5O. The summed E-state index contributed by atoms with van der Waals surface area (Å²) in [6.07, 6.45) is 5.48. The number of nitrogens with two attached hydrogens (primary N) is 1. The van der Waals surface area contributed by atoms with Gasteiger partial charge in [0.15, 0.2) is 17.3 Å². The Morgan fingerprint density at radius 2 is 2.00 bits per heavy atom. The molecule has 2 heterocycles. The molecule has 1 aromatic rings. The van der Waals surface area contributed by atoms with Gasteiger partial charge in [-0.2, -0.15) is 0 Å². The molecule has 2 rings (SSSR count). The molecule has 0 aliphatic carbocycles. The van der Waals surface area contributed by atoms with Crippen molar-refractivity contribution in [2.75, 3.05) is 18.0 Å². The lowest BCUT2D eigenvalue weighted by Crippen LogP contribution is -2.37. The van der Waals surface area contributed by atoms with E-state index in [0.717, 1.165) is 31.8 Å². The Bertz CT molecular complexity index is 452. The molecule has 3 N–H and O–H groups in total. The molecule has 19 heavy (non-hydrogen) atoms. The zero-order chi connectivity index (χ0) is 13.8. The van der Waals surface area contributed by atoms with Crippen molar-refractivity contribution >= 4 is 11.7 Å². The van der Waals surface area contributed by atoms with Crippen LogP contribution in [0.4, 0.5) is 5.82 Å². The van der Waals surface area contributed by atoms with Crippen molar-refractivity contribution in [2.24, 2.45) is 22.7 Å². The van der Waals surface area contributed by atoms with Crippen LogP contribution in [0.5, 0.6) is 0 Å². The van der Waals surface area contributed by atoms with Gasteiger partial charge < -0.3 is 15.8 Å². The maximum absolute atomic E-state index is 8.80. The van der Waals surface area contributed by atoms with Gasteiger partial charge in [-0.1, -0.05) is 19.0 Å². The average molecular weight is 263 g/mol. The van der Waals surface area contributed by atoms with Crippen molar-refractivity contribution in [3.63, 3.8) is 0 Å². The van der Waals surface area contributed by atoms with Gasteiger partial charge in [-0.15, -0.1) is 0 Å². The molecule has 1 saturated heterocycles. The summed E-state index contributed by atoms with van der Waals surface area (Å²) in [5.74, 6) is 2.20. The van der Waals surface area contributed by atoms with Crippen LogP contribution in [0.25, 0.3) is 0 Å². The second kappa shape index (κ2) is 5.86. The Hall–Kier alpha value is -1.85. The number of nitrogens with zero attached hydrogens (tertiary/aromatic N) is 4. The maximum Gasteiger partial charge on any atom is 0.192 e. The van der Waals surface area contributed by atoms with E-state index in [1.165, 1.54) is 0 Å². The molecule has 1 aromatic heterocycles. The summed E-state index contributed by atoms with van der Waals surface area (Å²) in [7, 11) is 0. The summed E-state index contributed by atoms with van der Waals surface area (Å²) >= 11 is 0. The Labute approximate surface area is 113 Å². The predicted molar refractivity (Wildman–Crippen MR) is 74.3 cm³/mol. The van der Waals surface area contributed by atoms with Crippen LogP contribution in [-0.4, -0.2) is 34.1 Å². The van der Waals surface area contributed by atoms with Gasteiger partial charge in [0, 0.05) is 25.5 Å². The van der Waals surface area contributed by atoms with Crippen molar-refractivity contribution in [1.82, 2.24) is 9.97 Å². The second-order valence-corrected chi connectivity index (χ2v) is 5.28. The molecule has 104 valence electrons. The van der Waals surface area contributed by atoms with Crippen molar-refractivity contribution in [1.29, 1.82) is 0 Å². The van der Waals surface area contributed by atoms with Crippen LogP contribution in [0.1, 0.15) is 32.4 Å². The van der Waals surface area contributed by atoms with E-state index < -0.39 is 0 Å². The average Bonchev–Trinajstić information content (AvgIpc) is 2.46. The highest BCUT2D eigenvalue weighted by molar-refractivity contribution is 5.99. The smallest absolute Gasteiger partial charge is 0.192 e. The number of anilines is 1. The minimum Gasteiger partial charge on any atom is -0.409 e. The summed E-state index contributed by atoms with van der Waals surface area (Å²) in [5.41, 5.74) is 6.10. The molecule has 0 aromatic carbocycles. The van der Waals surface area contributed by atoms with E-state index in [1.54, 1.807) is 12.4 Å². The minimum atomic E-state index is 0.00841. The lowest BCUT2D eigenvalue weighted by molar-refractivity contribution is 0.310. The highest BCUT2D eigenvalue weighted by Gasteiger charge is 2.24. The van der Waals surface area contributed by atoms with Crippen LogP contribution in [0.3, 0.4) is 0 Å². The first-order valence-corrected chi connectivity index (χ1v) is 6.67. The Kier molecular flexibility index (Phi) is 4.19. The number of oxime groups is 1. The molecule has 1 aliphatic heterocycles. The molecule has 0 saturated carbocycles. The first-order chi connectivity index (χ1) is 9.13. The van der Waals surface area contributed by atoms with Gasteiger partial charge >= 0.3 is 0 Å². The zero-order valence-corrected chi connectivity index (χ0v) is 11.5. The molecule has 0 atom stereocenters. The third-order valence-electron chi connectivity index (χ3n) is 3.81. The van der Waals surface area contributed by atoms with Crippen LogP contribution in [-0.2, 0) is 0 Å². The van der Waals surface area contributed by atoms with Gasteiger partial charge in [0.1, 0.15) is 0 Å². The van der Waals surface area contributed by atoms with Crippen molar-refractivity contribution in [3.8, 4) is 0 Å². The number of hydrogen-bond donors (Lipinski definition) is 2. The van der Waals surface area contributed by atoms with E-state index in [0.29, 0.717) is 17.4 Å². The fourth-order valence-corrected chi connectivity index (χ4v) is 2.57. The van der Waals surface area contributed by atoms with E-state index >= 15 is 0 Å². The summed E-state index contributed by atoms with van der Waals surface area (Å²) in [6.45, 7) is 6.41. The molecule has 0 radical (unpaired) electrons. The minimum absolute atomic E-state index is 0.00841. The Morgan fingerprint density at radius 3 is 2.58 bits per heavy atom. The molecule has 1 aliphatic rings. The van der Waals surface area contributed by atoms with Gasteiger partial charge in [-0.3, -0.25) is 0 Å². The van der Waals surface area contributed by atoms with Gasteiger partial charge in [-0.25, -0.2) is 9.97 Å². The Morgan fingerprint density at radius 1 is 1.37 bits per heavy atom. The topological polar surface area (TPSA) is 87.6 Å². The number of hydrogen-bond acceptors (Lipinski definition) is 5. The molecular weight excluding hydrogens is 242 g/mol. The SMILES string of the molecule is CC(C)C1CCN(c2nccnc2C(N)=NO)CC1. The fourth-order valence-electron chi connectivity index (χ4n) is 2.57. The fraction of sp³-hybridized carbons (Fsp3) is 0.615. The van der Waals surface area contributed by atoms with Gasteiger partial charge in [0.25, 0.3) is 0 Å². The number of aromatic nitrogens is 2. The van der Waals surface area contributed by atoms with Gasteiger partial charge in [0.05, 0.1) is 0 Å².